The van der Waals surface area contributed by atoms with Gasteiger partial charge < -0.3 is 10.1 Å². The van der Waals surface area contributed by atoms with Crippen LogP contribution in [0.4, 0.5) is 5.82 Å². The number of pyridine rings is 1. The van der Waals surface area contributed by atoms with E-state index in [0.717, 1.165) is 10.9 Å². The molecule has 0 spiro atoms. The summed E-state index contributed by atoms with van der Waals surface area (Å²) in [4.78, 5) is 29.9. The zero-order chi connectivity index (χ0) is 21.1. The lowest BCUT2D eigenvalue weighted by atomic mass is 10.2. The van der Waals surface area contributed by atoms with Crippen LogP contribution >= 0.6 is 11.6 Å². The largest absolute Gasteiger partial charge is 0.462 e. The molecule has 7 nitrogen and oxygen atoms in total. The average Bonchev–Trinajstić information content (AvgIpc) is 3.17. The maximum atomic E-state index is 12.9. The summed E-state index contributed by atoms with van der Waals surface area (Å²) in [6.45, 7) is 1.89. The normalized spacial score (nSPS) is 10.7. The minimum Gasteiger partial charge on any atom is -0.462 e. The van der Waals surface area contributed by atoms with E-state index in [4.69, 9.17) is 16.3 Å². The van der Waals surface area contributed by atoms with Gasteiger partial charge in [0, 0.05) is 5.39 Å². The number of rotatable bonds is 5. The Morgan fingerprint density at radius 3 is 2.60 bits per heavy atom. The number of esters is 1. The molecule has 4 rings (SSSR count). The maximum Gasteiger partial charge on any atom is 0.343 e. The van der Waals surface area contributed by atoms with E-state index in [1.165, 1.54) is 10.9 Å². The fourth-order valence-electron chi connectivity index (χ4n) is 2.99. The Balaban J connectivity index is 1.79. The van der Waals surface area contributed by atoms with Gasteiger partial charge in [-0.2, -0.15) is 9.78 Å². The molecule has 1 amide bonds. The van der Waals surface area contributed by atoms with Crippen LogP contribution in [-0.4, -0.2) is 33.2 Å². The van der Waals surface area contributed by atoms with Crippen molar-refractivity contribution in [2.24, 2.45) is 0 Å². The molecule has 0 saturated carbocycles. The van der Waals surface area contributed by atoms with E-state index in [2.05, 4.69) is 15.4 Å². The van der Waals surface area contributed by atoms with Crippen LogP contribution in [0.15, 0.2) is 66.9 Å². The molecule has 0 saturated heterocycles. The summed E-state index contributed by atoms with van der Waals surface area (Å²) >= 11 is 6.15. The summed E-state index contributed by atoms with van der Waals surface area (Å²) in [6.07, 6.45) is 1.34. The van der Waals surface area contributed by atoms with Crippen molar-refractivity contribution in [1.29, 1.82) is 0 Å². The monoisotopic (exact) mass is 420 g/mol. The van der Waals surface area contributed by atoms with Crippen molar-refractivity contribution in [1.82, 2.24) is 14.8 Å². The van der Waals surface area contributed by atoms with E-state index in [-0.39, 0.29) is 23.6 Å². The number of nitrogens with zero attached hydrogens (tertiary/aromatic N) is 3. The highest BCUT2D eigenvalue weighted by Gasteiger charge is 2.23. The molecule has 0 fully saturated rings. The number of para-hydroxylation sites is 1. The Labute approximate surface area is 177 Å². The first-order valence-corrected chi connectivity index (χ1v) is 9.63. The fraction of sp³-hybridized carbons (Fsp3) is 0.0909. The Kier molecular flexibility index (Phi) is 5.45. The summed E-state index contributed by atoms with van der Waals surface area (Å²) in [7, 11) is 0. The van der Waals surface area contributed by atoms with Gasteiger partial charge >= 0.3 is 5.97 Å². The molecule has 30 heavy (non-hydrogen) atoms. The Hall–Kier alpha value is -3.71. The van der Waals surface area contributed by atoms with Crippen molar-refractivity contribution in [3.8, 4) is 5.82 Å². The highest BCUT2D eigenvalue weighted by Crippen LogP contribution is 2.24. The summed E-state index contributed by atoms with van der Waals surface area (Å²) in [5.41, 5.74) is 1.15. The van der Waals surface area contributed by atoms with Gasteiger partial charge in [0.15, 0.2) is 11.6 Å². The summed E-state index contributed by atoms with van der Waals surface area (Å²) in [5, 5.41) is 8.26. The molecular formula is C22H17ClN4O3. The number of ether oxygens (including phenoxy) is 1. The Bertz CT molecular complexity index is 1250. The lowest BCUT2D eigenvalue weighted by Gasteiger charge is -2.12. The summed E-state index contributed by atoms with van der Waals surface area (Å²) in [6, 6.07) is 17.9. The number of anilines is 1. The van der Waals surface area contributed by atoms with E-state index >= 15 is 0 Å². The predicted molar refractivity (Wildman–Crippen MR) is 114 cm³/mol. The lowest BCUT2D eigenvalue weighted by Crippen LogP contribution is -2.18. The molecule has 1 N–H and O–H groups in total. The Morgan fingerprint density at radius 1 is 1.03 bits per heavy atom. The van der Waals surface area contributed by atoms with Crippen LogP contribution in [0, 0.1) is 0 Å². The minimum absolute atomic E-state index is 0.118. The first kappa shape index (κ1) is 19.6. The molecule has 0 bridgehead atoms. The van der Waals surface area contributed by atoms with Crippen molar-refractivity contribution >= 4 is 40.2 Å². The van der Waals surface area contributed by atoms with Crippen molar-refractivity contribution < 1.29 is 14.3 Å². The molecule has 0 aliphatic carbocycles. The lowest BCUT2D eigenvalue weighted by molar-refractivity contribution is 0.0527. The quantitative estimate of drug-likeness (QED) is 0.480. The highest BCUT2D eigenvalue weighted by atomic mass is 35.5. The second-order valence-electron chi connectivity index (χ2n) is 6.34. The number of benzene rings is 2. The van der Waals surface area contributed by atoms with Crippen LogP contribution in [0.1, 0.15) is 27.6 Å². The van der Waals surface area contributed by atoms with Gasteiger partial charge in [0.25, 0.3) is 5.91 Å². The third-order valence-electron chi connectivity index (χ3n) is 4.42. The first-order valence-electron chi connectivity index (χ1n) is 9.25. The molecule has 0 atom stereocenters. The topological polar surface area (TPSA) is 86.1 Å². The van der Waals surface area contributed by atoms with Gasteiger partial charge in [-0.1, -0.05) is 41.9 Å². The number of hydrogen-bond acceptors (Lipinski definition) is 5. The van der Waals surface area contributed by atoms with E-state index in [0.29, 0.717) is 10.8 Å². The van der Waals surface area contributed by atoms with E-state index < -0.39 is 11.9 Å². The highest BCUT2D eigenvalue weighted by molar-refractivity contribution is 6.34. The van der Waals surface area contributed by atoms with E-state index in [1.54, 1.807) is 37.3 Å². The molecular weight excluding hydrogens is 404 g/mol. The predicted octanol–water partition coefficient (Wildman–Crippen LogP) is 4.50. The molecule has 0 radical (unpaired) electrons. The van der Waals surface area contributed by atoms with Gasteiger partial charge in [-0.25, -0.2) is 9.78 Å². The number of aromatic nitrogens is 3. The zero-order valence-corrected chi connectivity index (χ0v) is 16.8. The standard InChI is InChI=1S/C22H17ClN4O3/c1-2-30-22(29)16-13-24-27(19-12-11-14-7-3-6-10-18(14)25-19)20(16)26-21(28)15-8-4-5-9-17(15)23/h3-13H,2H2,1H3,(H,26,28). The van der Waals surface area contributed by atoms with Crippen LogP contribution in [0.2, 0.25) is 5.02 Å². The molecule has 0 unspecified atom stereocenters. The maximum absolute atomic E-state index is 12.9. The molecule has 8 heteroatoms. The van der Waals surface area contributed by atoms with Crippen LogP contribution in [-0.2, 0) is 4.74 Å². The summed E-state index contributed by atoms with van der Waals surface area (Å²) in [5.74, 6) is -0.479. The van der Waals surface area contributed by atoms with E-state index in [9.17, 15) is 9.59 Å². The molecule has 2 aromatic heterocycles. The second kappa shape index (κ2) is 8.34. The van der Waals surface area contributed by atoms with Crippen LogP contribution in [0.5, 0.6) is 0 Å². The van der Waals surface area contributed by atoms with Crippen LogP contribution < -0.4 is 5.32 Å². The average molecular weight is 421 g/mol. The number of halogens is 1. The van der Waals surface area contributed by atoms with Gasteiger partial charge in [0.2, 0.25) is 0 Å². The zero-order valence-electron chi connectivity index (χ0n) is 16.0. The number of hydrogen-bond donors (Lipinski definition) is 1. The molecule has 150 valence electrons. The third kappa shape index (κ3) is 3.75. The molecule has 2 heterocycles. The SMILES string of the molecule is CCOC(=O)c1cnn(-c2ccc3ccccc3n2)c1NC(=O)c1ccccc1Cl. The van der Waals surface area contributed by atoms with Gasteiger partial charge in [-0.15, -0.1) is 0 Å². The van der Waals surface area contributed by atoms with Crippen molar-refractivity contribution in [3.05, 3.63) is 83.0 Å². The number of carbonyl (C=O) groups is 2. The number of amides is 1. The third-order valence-corrected chi connectivity index (χ3v) is 4.75. The Morgan fingerprint density at radius 2 is 1.80 bits per heavy atom. The van der Waals surface area contributed by atoms with E-state index in [1.807, 2.05) is 30.3 Å². The van der Waals surface area contributed by atoms with Gasteiger partial charge in [0.1, 0.15) is 5.56 Å². The van der Waals surface area contributed by atoms with Crippen molar-refractivity contribution in [2.75, 3.05) is 11.9 Å². The van der Waals surface area contributed by atoms with Crippen LogP contribution in [0.25, 0.3) is 16.7 Å². The van der Waals surface area contributed by atoms with Gasteiger partial charge in [-0.05, 0) is 37.3 Å². The van der Waals surface area contributed by atoms with Crippen molar-refractivity contribution in [3.63, 3.8) is 0 Å². The van der Waals surface area contributed by atoms with Crippen LogP contribution in [0.3, 0.4) is 0 Å². The van der Waals surface area contributed by atoms with Gasteiger partial charge in [-0.3, -0.25) is 4.79 Å². The smallest absolute Gasteiger partial charge is 0.343 e. The minimum atomic E-state index is -0.598. The van der Waals surface area contributed by atoms with Crippen molar-refractivity contribution in [2.45, 2.75) is 6.92 Å². The number of carbonyl (C=O) groups excluding carboxylic acids is 2. The van der Waals surface area contributed by atoms with Gasteiger partial charge in [0.05, 0.1) is 28.9 Å². The molecule has 4 aromatic rings. The number of fused-ring (bicyclic) bond motifs is 1. The molecule has 0 aliphatic rings. The second-order valence-corrected chi connectivity index (χ2v) is 6.74. The first-order chi connectivity index (χ1) is 14.6. The molecule has 2 aromatic carbocycles. The molecule has 0 aliphatic heterocycles. The fourth-order valence-corrected chi connectivity index (χ4v) is 3.22. The number of nitrogens with one attached hydrogen (secondary N) is 1. The summed E-state index contributed by atoms with van der Waals surface area (Å²) < 4.78 is 6.51.